The van der Waals surface area contributed by atoms with Gasteiger partial charge in [-0.3, -0.25) is 9.78 Å². The number of hydrogen-bond acceptors (Lipinski definition) is 8. The van der Waals surface area contributed by atoms with Gasteiger partial charge in [0, 0.05) is 52.6 Å². The molecule has 1 amide bonds. The first-order valence-corrected chi connectivity index (χ1v) is 15.4. The van der Waals surface area contributed by atoms with Crippen molar-refractivity contribution in [3.63, 3.8) is 0 Å². The number of nitrogens with one attached hydrogen (secondary N) is 3. The molecule has 10 nitrogen and oxygen atoms in total. The molecular weight excluding hydrogens is 564 g/mol. The molecule has 1 fully saturated rings. The fraction of sp³-hybridized carbons (Fsp3) is 0.343. The quantitative estimate of drug-likeness (QED) is 0.163. The maximum Gasteiger partial charge on any atom is 0.322 e. The molecular formula is C35H40N8O2. The van der Waals surface area contributed by atoms with Gasteiger partial charge in [0.15, 0.2) is 5.65 Å². The van der Waals surface area contributed by atoms with Gasteiger partial charge in [0.05, 0.1) is 11.9 Å². The van der Waals surface area contributed by atoms with Gasteiger partial charge in [-0.2, -0.15) is 19.6 Å². The summed E-state index contributed by atoms with van der Waals surface area (Å²) in [6.45, 7) is 15.3. The van der Waals surface area contributed by atoms with Gasteiger partial charge in [-0.05, 0) is 68.7 Å². The summed E-state index contributed by atoms with van der Waals surface area (Å²) in [5.74, 6) is 0.595. The first-order valence-electron chi connectivity index (χ1n) is 15.4. The standard InChI is InChI=1S/C35H40N8O2/c1-21(2)29-20-39-43-31(29)41-34(45-26-13-15-35(5,6)38-19-26)42-33(43)37-18-24-9-7-8-10-27(24)30-28-12-11-25(40-32(44)22(3)4)17-23(28)14-16-36-30/h7-12,14,16-17,20-21,26,38H,3,13,15,18-19H2,1-2,4-6H3,(H,40,44)(H,37,41,42). The van der Waals surface area contributed by atoms with Crippen LogP contribution in [0.25, 0.3) is 27.7 Å². The van der Waals surface area contributed by atoms with E-state index in [0.29, 0.717) is 29.8 Å². The summed E-state index contributed by atoms with van der Waals surface area (Å²) < 4.78 is 8.09. The van der Waals surface area contributed by atoms with Crippen LogP contribution in [0.1, 0.15) is 64.5 Å². The van der Waals surface area contributed by atoms with Gasteiger partial charge in [-0.1, -0.05) is 50.8 Å². The van der Waals surface area contributed by atoms with Crippen molar-refractivity contribution in [2.75, 3.05) is 17.2 Å². The molecule has 1 atom stereocenters. The van der Waals surface area contributed by atoms with Gasteiger partial charge in [0.2, 0.25) is 5.95 Å². The van der Waals surface area contributed by atoms with Gasteiger partial charge in [-0.15, -0.1) is 0 Å². The van der Waals surface area contributed by atoms with Crippen LogP contribution >= 0.6 is 0 Å². The van der Waals surface area contributed by atoms with E-state index in [9.17, 15) is 4.79 Å². The maximum atomic E-state index is 12.2. The lowest BCUT2D eigenvalue weighted by molar-refractivity contribution is -0.112. The second-order valence-electron chi connectivity index (χ2n) is 12.7. The van der Waals surface area contributed by atoms with Gasteiger partial charge >= 0.3 is 6.01 Å². The third kappa shape index (κ3) is 6.51. The molecule has 232 valence electrons. The Kier molecular flexibility index (Phi) is 8.24. The van der Waals surface area contributed by atoms with Crippen LogP contribution in [0.15, 0.2) is 73.1 Å². The predicted octanol–water partition coefficient (Wildman–Crippen LogP) is 6.50. The van der Waals surface area contributed by atoms with Gasteiger partial charge < -0.3 is 20.7 Å². The molecule has 4 heterocycles. The molecule has 0 saturated carbocycles. The third-order valence-electron chi connectivity index (χ3n) is 8.29. The van der Waals surface area contributed by atoms with E-state index in [1.54, 1.807) is 17.6 Å². The van der Waals surface area contributed by atoms with E-state index in [2.05, 4.69) is 67.5 Å². The van der Waals surface area contributed by atoms with Crippen molar-refractivity contribution in [2.24, 2.45) is 0 Å². The van der Waals surface area contributed by atoms with Gasteiger partial charge in [-0.25, -0.2) is 0 Å². The average molecular weight is 605 g/mol. The lowest BCUT2D eigenvalue weighted by Crippen LogP contribution is -2.50. The molecule has 0 aliphatic carbocycles. The molecule has 1 unspecified atom stereocenters. The molecule has 3 aromatic heterocycles. The summed E-state index contributed by atoms with van der Waals surface area (Å²) in [5, 5.41) is 16.6. The molecule has 0 radical (unpaired) electrons. The number of carbonyl (C=O) groups excluding carboxylic acids is 1. The number of carbonyl (C=O) groups is 1. The summed E-state index contributed by atoms with van der Waals surface area (Å²) in [4.78, 5) is 26.5. The highest BCUT2D eigenvalue weighted by Gasteiger charge is 2.28. The summed E-state index contributed by atoms with van der Waals surface area (Å²) >= 11 is 0. The number of aromatic nitrogens is 5. The number of anilines is 2. The summed E-state index contributed by atoms with van der Waals surface area (Å²) in [6, 6.07) is 16.3. The zero-order chi connectivity index (χ0) is 31.7. The molecule has 1 aliphatic rings. The number of piperidine rings is 1. The van der Waals surface area contributed by atoms with E-state index in [4.69, 9.17) is 19.7 Å². The molecule has 0 bridgehead atoms. The van der Waals surface area contributed by atoms with E-state index in [0.717, 1.165) is 58.2 Å². The average Bonchev–Trinajstić information content (AvgIpc) is 3.45. The Hall–Kier alpha value is -4.83. The number of nitrogens with zero attached hydrogens (tertiary/aromatic N) is 5. The molecule has 6 rings (SSSR count). The number of fused-ring (bicyclic) bond motifs is 2. The number of hydrogen-bond donors (Lipinski definition) is 3. The van der Waals surface area contributed by atoms with E-state index in [1.165, 1.54) is 0 Å². The number of ether oxygens (including phenoxy) is 1. The minimum absolute atomic E-state index is 0.00783. The molecule has 3 N–H and O–H groups in total. The Morgan fingerprint density at radius 3 is 2.76 bits per heavy atom. The van der Waals surface area contributed by atoms with Crippen molar-refractivity contribution in [3.8, 4) is 17.3 Å². The largest absolute Gasteiger partial charge is 0.459 e. The number of benzene rings is 2. The van der Waals surface area contributed by atoms with E-state index >= 15 is 0 Å². The molecule has 10 heteroatoms. The Labute approximate surface area is 263 Å². The van der Waals surface area contributed by atoms with Gasteiger partial charge in [0.25, 0.3) is 5.91 Å². The fourth-order valence-electron chi connectivity index (χ4n) is 5.59. The van der Waals surface area contributed by atoms with Crippen molar-refractivity contribution >= 4 is 34.0 Å². The maximum absolute atomic E-state index is 12.2. The lowest BCUT2D eigenvalue weighted by atomic mass is 9.92. The first kappa shape index (κ1) is 30.2. The van der Waals surface area contributed by atoms with Crippen LogP contribution < -0.4 is 20.7 Å². The molecule has 1 saturated heterocycles. The minimum Gasteiger partial charge on any atom is -0.459 e. The normalized spacial score (nSPS) is 16.2. The van der Waals surface area contributed by atoms with Crippen LogP contribution in [0.5, 0.6) is 6.01 Å². The predicted molar refractivity (Wildman–Crippen MR) is 179 cm³/mol. The Bertz CT molecular complexity index is 1880. The van der Waals surface area contributed by atoms with Crippen molar-refractivity contribution in [3.05, 3.63) is 84.2 Å². The van der Waals surface area contributed by atoms with Crippen molar-refractivity contribution in [1.29, 1.82) is 0 Å². The van der Waals surface area contributed by atoms with Crippen LogP contribution in [0.3, 0.4) is 0 Å². The second-order valence-corrected chi connectivity index (χ2v) is 12.7. The Morgan fingerprint density at radius 1 is 1.18 bits per heavy atom. The van der Waals surface area contributed by atoms with Crippen molar-refractivity contribution in [1.82, 2.24) is 29.9 Å². The zero-order valence-corrected chi connectivity index (χ0v) is 26.5. The molecule has 1 aliphatic heterocycles. The van der Waals surface area contributed by atoms with Crippen LogP contribution in [0.4, 0.5) is 11.6 Å². The molecule has 2 aromatic carbocycles. The lowest BCUT2D eigenvalue weighted by Gasteiger charge is -2.35. The summed E-state index contributed by atoms with van der Waals surface area (Å²) in [6.07, 6.45) is 5.59. The van der Waals surface area contributed by atoms with Crippen LogP contribution in [-0.4, -0.2) is 48.7 Å². The van der Waals surface area contributed by atoms with E-state index < -0.39 is 0 Å². The van der Waals surface area contributed by atoms with Gasteiger partial charge in [0.1, 0.15) is 6.10 Å². The second kappa shape index (κ2) is 12.3. The monoisotopic (exact) mass is 604 g/mol. The zero-order valence-electron chi connectivity index (χ0n) is 26.5. The highest BCUT2D eigenvalue weighted by molar-refractivity contribution is 6.05. The van der Waals surface area contributed by atoms with Crippen molar-refractivity contribution < 1.29 is 9.53 Å². The Balaban J connectivity index is 1.30. The van der Waals surface area contributed by atoms with Crippen molar-refractivity contribution in [2.45, 2.75) is 71.6 Å². The number of pyridine rings is 1. The third-order valence-corrected chi connectivity index (χ3v) is 8.29. The summed E-state index contributed by atoms with van der Waals surface area (Å²) in [7, 11) is 0. The number of rotatable bonds is 9. The van der Waals surface area contributed by atoms with Crippen LogP contribution in [-0.2, 0) is 11.3 Å². The van der Waals surface area contributed by atoms with E-state index in [-0.39, 0.29) is 23.5 Å². The summed E-state index contributed by atoms with van der Waals surface area (Å²) in [5.41, 5.74) is 5.93. The van der Waals surface area contributed by atoms with Crippen LogP contribution in [0, 0.1) is 0 Å². The van der Waals surface area contributed by atoms with E-state index in [1.807, 2.05) is 42.6 Å². The smallest absolute Gasteiger partial charge is 0.322 e. The Morgan fingerprint density at radius 2 is 2.00 bits per heavy atom. The topological polar surface area (TPSA) is 118 Å². The first-order chi connectivity index (χ1) is 21.6. The SMILES string of the molecule is C=C(C)C(=O)Nc1ccc2c(-c3ccccc3CNc3nc(OC4CCC(C)(C)NC4)nc4c(C(C)C)cnn34)nccc2c1. The highest BCUT2D eigenvalue weighted by Crippen LogP contribution is 2.32. The molecule has 45 heavy (non-hydrogen) atoms. The number of amides is 1. The van der Waals surface area contributed by atoms with Crippen LogP contribution in [0.2, 0.25) is 0 Å². The minimum atomic E-state index is -0.204. The molecule has 0 spiro atoms. The molecule has 5 aromatic rings. The fourth-order valence-corrected chi connectivity index (χ4v) is 5.59. The highest BCUT2D eigenvalue weighted by atomic mass is 16.5.